The molecule has 0 bridgehead atoms. The maximum absolute atomic E-state index is 11.6. The van der Waals surface area contributed by atoms with Crippen LogP contribution in [0.15, 0.2) is 24.3 Å². The van der Waals surface area contributed by atoms with Crippen LogP contribution >= 0.6 is 0 Å². The van der Waals surface area contributed by atoms with E-state index < -0.39 is 0 Å². The number of carbonyl (C=O) groups excluding carboxylic acids is 1. The van der Waals surface area contributed by atoms with Gasteiger partial charge in [-0.2, -0.15) is 0 Å². The Kier molecular flexibility index (Phi) is 4.98. The van der Waals surface area contributed by atoms with E-state index in [-0.39, 0.29) is 18.2 Å². The van der Waals surface area contributed by atoms with Gasteiger partial charge in [-0.25, -0.2) is 4.79 Å². The van der Waals surface area contributed by atoms with E-state index in [4.69, 9.17) is 4.74 Å². The maximum atomic E-state index is 11.6. The number of benzene rings is 1. The van der Waals surface area contributed by atoms with Crippen LogP contribution in [0.25, 0.3) is 0 Å². The van der Waals surface area contributed by atoms with E-state index in [0.717, 1.165) is 30.9 Å². The molecule has 1 fully saturated rings. The summed E-state index contributed by atoms with van der Waals surface area (Å²) in [5.41, 5.74) is 1.93. The molecule has 1 aliphatic rings. The van der Waals surface area contributed by atoms with Crippen LogP contribution in [0.5, 0.6) is 0 Å². The molecule has 5 nitrogen and oxygen atoms in total. The molecule has 2 amide bonds. The van der Waals surface area contributed by atoms with E-state index in [0.29, 0.717) is 0 Å². The Morgan fingerprint density at radius 2 is 2.05 bits per heavy atom. The number of carbonyl (C=O) groups is 1. The third kappa shape index (κ3) is 4.21. The molecular formula is C15H23N3O2. The van der Waals surface area contributed by atoms with Crippen molar-refractivity contribution < 1.29 is 9.53 Å². The van der Waals surface area contributed by atoms with Crippen LogP contribution in [0.3, 0.4) is 0 Å². The molecular weight excluding hydrogens is 254 g/mol. The molecule has 0 aromatic heterocycles. The maximum Gasteiger partial charge on any atom is 0.319 e. The van der Waals surface area contributed by atoms with Crippen LogP contribution in [-0.4, -0.2) is 43.7 Å². The molecule has 1 atom stereocenters. The van der Waals surface area contributed by atoms with Crippen molar-refractivity contribution in [3.8, 4) is 0 Å². The van der Waals surface area contributed by atoms with E-state index in [1.54, 1.807) is 0 Å². The predicted molar refractivity (Wildman–Crippen MR) is 79.9 cm³/mol. The molecule has 0 aliphatic carbocycles. The highest BCUT2D eigenvalue weighted by Crippen LogP contribution is 2.22. The molecule has 1 aliphatic heterocycles. The van der Waals surface area contributed by atoms with Gasteiger partial charge in [0.1, 0.15) is 0 Å². The van der Waals surface area contributed by atoms with Crippen molar-refractivity contribution in [3.05, 3.63) is 29.8 Å². The summed E-state index contributed by atoms with van der Waals surface area (Å²) in [5, 5.41) is 5.60. The zero-order valence-corrected chi connectivity index (χ0v) is 12.3. The molecule has 0 saturated carbocycles. The number of hydrogen-bond acceptors (Lipinski definition) is 3. The van der Waals surface area contributed by atoms with Crippen LogP contribution in [0, 0.1) is 0 Å². The van der Waals surface area contributed by atoms with Crippen molar-refractivity contribution >= 4 is 11.7 Å². The van der Waals surface area contributed by atoms with Gasteiger partial charge >= 0.3 is 6.03 Å². The summed E-state index contributed by atoms with van der Waals surface area (Å²) >= 11 is 0. The number of urea groups is 1. The molecule has 1 unspecified atom stereocenters. The van der Waals surface area contributed by atoms with Crippen molar-refractivity contribution in [2.75, 3.05) is 32.1 Å². The van der Waals surface area contributed by atoms with Gasteiger partial charge in [-0.3, -0.25) is 0 Å². The second-order valence-electron chi connectivity index (χ2n) is 5.50. The Labute approximate surface area is 120 Å². The van der Waals surface area contributed by atoms with Crippen molar-refractivity contribution in [3.63, 3.8) is 0 Å². The third-order valence-electron chi connectivity index (χ3n) is 3.23. The topological polar surface area (TPSA) is 53.6 Å². The van der Waals surface area contributed by atoms with E-state index in [2.05, 4.69) is 22.6 Å². The number of amides is 2. The van der Waals surface area contributed by atoms with Crippen LogP contribution in [0.4, 0.5) is 10.5 Å². The van der Waals surface area contributed by atoms with Gasteiger partial charge in [-0.05, 0) is 38.6 Å². The number of hydrogen-bond donors (Lipinski definition) is 2. The molecule has 2 N–H and O–H groups in total. The molecule has 110 valence electrons. The average Bonchev–Trinajstić information content (AvgIpc) is 2.38. The number of likely N-dealkylation sites (N-methyl/N-ethyl adjacent to an activating group) is 1. The molecule has 5 heteroatoms. The first kappa shape index (κ1) is 14.8. The zero-order valence-electron chi connectivity index (χ0n) is 12.3. The fourth-order valence-corrected chi connectivity index (χ4v) is 2.19. The summed E-state index contributed by atoms with van der Waals surface area (Å²) in [6.07, 6.45) is 0.118. The fourth-order valence-electron chi connectivity index (χ4n) is 2.19. The molecule has 1 saturated heterocycles. The Hall–Kier alpha value is -1.59. The van der Waals surface area contributed by atoms with Crippen molar-refractivity contribution in [2.24, 2.45) is 0 Å². The van der Waals surface area contributed by atoms with Gasteiger partial charge in [0.05, 0.1) is 12.7 Å². The van der Waals surface area contributed by atoms with Gasteiger partial charge in [0, 0.05) is 24.8 Å². The molecule has 0 radical (unpaired) electrons. The van der Waals surface area contributed by atoms with Crippen molar-refractivity contribution in [1.82, 2.24) is 10.2 Å². The summed E-state index contributed by atoms with van der Waals surface area (Å²) in [5.74, 6) is 0. The number of nitrogens with zero attached hydrogens (tertiary/aromatic N) is 1. The SMILES string of the molecule is CC(C)NC(=O)Nc1ccc(C2CN(C)CCO2)cc1. The van der Waals surface area contributed by atoms with Gasteiger partial charge in [-0.15, -0.1) is 0 Å². The van der Waals surface area contributed by atoms with Gasteiger partial charge in [0.2, 0.25) is 0 Å². The smallest absolute Gasteiger partial charge is 0.319 e. The highest BCUT2D eigenvalue weighted by atomic mass is 16.5. The Balaban J connectivity index is 1.94. The summed E-state index contributed by atoms with van der Waals surface area (Å²) in [6, 6.07) is 7.78. The lowest BCUT2D eigenvalue weighted by Gasteiger charge is -2.30. The Morgan fingerprint density at radius 1 is 1.35 bits per heavy atom. The van der Waals surface area contributed by atoms with E-state index >= 15 is 0 Å². The molecule has 1 aromatic rings. The Morgan fingerprint density at radius 3 is 2.65 bits per heavy atom. The monoisotopic (exact) mass is 277 g/mol. The number of ether oxygens (including phenoxy) is 1. The first-order valence-electron chi connectivity index (χ1n) is 7.02. The van der Waals surface area contributed by atoms with Crippen LogP contribution < -0.4 is 10.6 Å². The molecule has 1 aromatic carbocycles. The second-order valence-corrected chi connectivity index (χ2v) is 5.50. The zero-order chi connectivity index (χ0) is 14.5. The third-order valence-corrected chi connectivity index (χ3v) is 3.23. The van der Waals surface area contributed by atoms with E-state index in [1.807, 2.05) is 38.1 Å². The van der Waals surface area contributed by atoms with Gasteiger partial charge in [0.15, 0.2) is 0 Å². The number of nitrogens with one attached hydrogen (secondary N) is 2. The lowest BCUT2D eigenvalue weighted by molar-refractivity contribution is -0.0208. The van der Waals surface area contributed by atoms with Crippen molar-refractivity contribution in [1.29, 1.82) is 0 Å². The largest absolute Gasteiger partial charge is 0.371 e. The minimum atomic E-state index is -0.179. The first-order chi connectivity index (χ1) is 9.54. The fraction of sp³-hybridized carbons (Fsp3) is 0.533. The summed E-state index contributed by atoms with van der Waals surface area (Å²) < 4.78 is 5.77. The minimum Gasteiger partial charge on any atom is -0.371 e. The lowest BCUT2D eigenvalue weighted by Crippen LogP contribution is -2.35. The molecule has 0 spiro atoms. The van der Waals surface area contributed by atoms with Crippen LogP contribution in [0.2, 0.25) is 0 Å². The normalized spacial score (nSPS) is 19.9. The van der Waals surface area contributed by atoms with Gasteiger partial charge in [-0.1, -0.05) is 12.1 Å². The predicted octanol–water partition coefficient (Wildman–Crippen LogP) is 2.22. The average molecular weight is 277 g/mol. The highest BCUT2D eigenvalue weighted by molar-refractivity contribution is 5.89. The summed E-state index contributed by atoms with van der Waals surface area (Å²) in [6.45, 7) is 6.50. The van der Waals surface area contributed by atoms with Crippen LogP contribution in [-0.2, 0) is 4.74 Å². The van der Waals surface area contributed by atoms with Crippen molar-refractivity contribution in [2.45, 2.75) is 26.0 Å². The quantitative estimate of drug-likeness (QED) is 0.890. The van der Waals surface area contributed by atoms with E-state index in [9.17, 15) is 4.79 Å². The lowest BCUT2D eigenvalue weighted by atomic mass is 10.1. The van der Waals surface area contributed by atoms with Gasteiger partial charge in [0.25, 0.3) is 0 Å². The molecule has 1 heterocycles. The number of morpholine rings is 1. The summed E-state index contributed by atoms with van der Waals surface area (Å²) in [4.78, 5) is 13.9. The summed E-state index contributed by atoms with van der Waals surface area (Å²) in [7, 11) is 2.10. The minimum absolute atomic E-state index is 0.118. The number of anilines is 1. The number of rotatable bonds is 3. The first-order valence-corrected chi connectivity index (χ1v) is 7.02. The van der Waals surface area contributed by atoms with Gasteiger partial charge < -0.3 is 20.3 Å². The molecule has 20 heavy (non-hydrogen) atoms. The highest BCUT2D eigenvalue weighted by Gasteiger charge is 2.19. The standard InChI is InChI=1S/C15H23N3O2/c1-11(2)16-15(19)17-13-6-4-12(5-7-13)14-10-18(3)8-9-20-14/h4-7,11,14H,8-10H2,1-3H3,(H2,16,17,19). The van der Waals surface area contributed by atoms with E-state index in [1.165, 1.54) is 0 Å². The molecule has 2 rings (SSSR count). The van der Waals surface area contributed by atoms with Crippen LogP contribution in [0.1, 0.15) is 25.5 Å². The second kappa shape index (κ2) is 6.72. The Bertz CT molecular complexity index is 445.